The summed E-state index contributed by atoms with van der Waals surface area (Å²) in [7, 11) is 1.46. The maximum atomic E-state index is 13.7. The lowest BCUT2D eigenvalue weighted by Crippen LogP contribution is -2.56. The maximum Gasteiger partial charge on any atom is 0.409 e. The quantitative estimate of drug-likeness (QED) is 0.868. The molecule has 0 bridgehead atoms. The van der Waals surface area contributed by atoms with E-state index in [-0.39, 0.29) is 18.8 Å². The number of H-pyrrole nitrogens is 1. The van der Waals surface area contributed by atoms with Crippen LogP contribution in [0, 0.1) is 18.6 Å². The molecule has 2 atom stereocenters. The van der Waals surface area contributed by atoms with E-state index in [4.69, 9.17) is 9.47 Å². The Kier molecular flexibility index (Phi) is 5.76. The first kappa shape index (κ1) is 18.2. The van der Waals surface area contributed by atoms with Crippen molar-refractivity contribution in [3.63, 3.8) is 0 Å². The molecule has 1 aromatic rings. The van der Waals surface area contributed by atoms with Gasteiger partial charge in [0.1, 0.15) is 5.69 Å². The molecule has 0 aliphatic carbocycles. The number of likely N-dealkylation sites (tertiary alicyclic amines) is 1. The molecule has 1 fully saturated rings. The van der Waals surface area contributed by atoms with Gasteiger partial charge in [-0.2, -0.15) is 0 Å². The van der Waals surface area contributed by atoms with Crippen molar-refractivity contribution in [2.45, 2.75) is 32.4 Å². The number of methoxy groups -OCH3 is 1. The summed E-state index contributed by atoms with van der Waals surface area (Å²) >= 11 is 0. The first-order valence-corrected chi connectivity index (χ1v) is 7.67. The molecule has 9 heteroatoms. The fourth-order valence-electron chi connectivity index (χ4n) is 2.67. The molecule has 2 heterocycles. The summed E-state index contributed by atoms with van der Waals surface area (Å²) in [6.45, 7) is 3.92. The van der Waals surface area contributed by atoms with Crippen LogP contribution in [-0.4, -0.2) is 60.8 Å². The maximum absolute atomic E-state index is 13.7. The number of piperidine rings is 1. The van der Waals surface area contributed by atoms with Crippen molar-refractivity contribution in [3.8, 4) is 0 Å². The minimum atomic E-state index is -1.21. The number of rotatable bonds is 4. The number of nitrogens with zero attached hydrogens (tertiary/aromatic N) is 1. The highest BCUT2D eigenvalue weighted by atomic mass is 19.2. The second kappa shape index (κ2) is 7.61. The Bertz CT molecular complexity index is 620. The Labute approximate surface area is 138 Å². The lowest BCUT2D eigenvalue weighted by Gasteiger charge is -2.37. The molecule has 2 amide bonds. The monoisotopic (exact) mass is 345 g/mol. The Hall–Kier alpha value is -2.16. The SMILES string of the molecule is CCOC(=O)N1CC[C@@H](NC(=O)c2[nH]c(C)c(F)c2F)[C@@H](OC)C1. The van der Waals surface area contributed by atoms with Crippen molar-refractivity contribution in [1.29, 1.82) is 0 Å². The third-order valence-corrected chi connectivity index (χ3v) is 3.99. The zero-order valence-electron chi connectivity index (χ0n) is 13.8. The number of carbonyl (C=O) groups excluding carboxylic acids is 2. The van der Waals surface area contributed by atoms with Gasteiger partial charge in [-0.15, -0.1) is 0 Å². The van der Waals surface area contributed by atoms with Crippen LogP contribution in [0.4, 0.5) is 13.6 Å². The molecule has 0 spiro atoms. The number of hydrogen-bond donors (Lipinski definition) is 2. The van der Waals surface area contributed by atoms with Crippen LogP contribution in [0.1, 0.15) is 29.5 Å². The molecule has 134 valence electrons. The van der Waals surface area contributed by atoms with E-state index in [1.165, 1.54) is 18.9 Å². The summed E-state index contributed by atoms with van der Waals surface area (Å²) < 4.78 is 37.3. The van der Waals surface area contributed by atoms with Crippen molar-refractivity contribution in [2.24, 2.45) is 0 Å². The van der Waals surface area contributed by atoms with Crippen molar-refractivity contribution < 1.29 is 27.8 Å². The van der Waals surface area contributed by atoms with Gasteiger partial charge in [-0.25, -0.2) is 13.6 Å². The van der Waals surface area contributed by atoms with E-state index < -0.39 is 41.5 Å². The predicted octanol–water partition coefficient (Wildman–Crippen LogP) is 1.58. The van der Waals surface area contributed by atoms with Crippen LogP contribution in [0.5, 0.6) is 0 Å². The molecular formula is C15H21F2N3O4. The number of amides is 2. The summed E-state index contributed by atoms with van der Waals surface area (Å²) in [5, 5.41) is 2.63. The van der Waals surface area contributed by atoms with Gasteiger partial charge in [0.05, 0.1) is 31.0 Å². The van der Waals surface area contributed by atoms with Gasteiger partial charge < -0.3 is 24.7 Å². The van der Waals surface area contributed by atoms with E-state index in [9.17, 15) is 18.4 Å². The summed E-state index contributed by atoms with van der Waals surface area (Å²) in [5.41, 5.74) is -0.495. The molecule has 1 aliphatic rings. The van der Waals surface area contributed by atoms with Crippen molar-refractivity contribution >= 4 is 12.0 Å². The van der Waals surface area contributed by atoms with Gasteiger partial charge in [-0.1, -0.05) is 0 Å². The van der Waals surface area contributed by atoms with Crippen molar-refractivity contribution in [1.82, 2.24) is 15.2 Å². The van der Waals surface area contributed by atoms with Gasteiger partial charge in [0.15, 0.2) is 11.6 Å². The van der Waals surface area contributed by atoms with Crippen LogP contribution in [-0.2, 0) is 9.47 Å². The summed E-state index contributed by atoms with van der Waals surface area (Å²) in [6, 6.07) is -0.431. The smallest absolute Gasteiger partial charge is 0.409 e. The molecule has 24 heavy (non-hydrogen) atoms. The molecular weight excluding hydrogens is 324 g/mol. The molecule has 0 saturated carbocycles. The molecule has 2 N–H and O–H groups in total. The second-order valence-corrected chi connectivity index (χ2v) is 5.54. The lowest BCUT2D eigenvalue weighted by atomic mass is 10.0. The average Bonchev–Trinajstić information content (AvgIpc) is 2.83. The highest BCUT2D eigenvalue weighted by molar-refractivity contribution is 5.93. The van der Waals surface area contributed by atoms with Crippen LogP contribution < -0.4 is 5.32 Å². The summed E-state index contributed by atoms with van der Waals surface area (Å²) in [6.07, 6.45) is -0.513. The molecule has 0 radical (unpaired) electrons. The van der Waals surface area contributed by atoms with Gasteiger partial charge in [0.25, 0.3) is 5.91 Å². The van der Waals surface area contributed by atoms with Crippen LogP contribution >= 0.6 is 0 Å². The standard InChI is InChI=1S/C15H21F2N3O4/c1-4-24-15(22)20-6-5-9(10(7-20)23-3)19-14(21)13-12(17)11(16)8(2)18-13/h9-10,18H,4-7H2,1-3H3,(H,19,21)/t9-,10+/m1/s1. The highest BCUT2D eigenvalue weighted by Crippen LogP contribution is 2.18. The third kappa shape index (κ3) is 3.66. The van der Waals surface area contributed by atoms with Crippen LogP contribution in [0.15, 0.2) is 0 Å². The lowest BCUT2D eigenvalue weighted by molar-refractivity contribution is 0.00446. The molecule has 1 aliphatic heterocycles. The van der Waals surface area contributed by atoms with E-state index in [0.717, 1.165) is 0 Å². The van der Waals surface area contributed by atoms with E-state index in [0.29, 0.717) is 13.0 Å². The van der Waals surface area contributed by atoms with E-state index >= 15 is 0 Å². The van der Waals surface area contributed by atoms with Gasteiger partial charge in [-0.3, -0.25) is 4.79 Å². The van der Waals surface area contributed by atoms with Crippen LogP contribution in [0.2, 0.25) is 0 Å². The zero-order valence-corrected chi connectivity index (χ0v) is 13.8. The first-order chi connectivity index (χ1) is 11.4. The average molecular weight is 345 g/mol. The molecule has 1 saturated heterocycles. The molecule has 7 nitrogen and oxygen atoms in total. The van der Waals surface area contributed by atoms with Crippen LogP contribution in [0.3, 0.4) is 0 Å². The Morgan fingerprint density at radius 1 is 1.38 bits per heavy atom. The number of aryl methyl sites for hydroxylation is 1. The fraction of sp³-hybridized carbons (Fsp3) is 0.600. The summed E-state index contributed by atoms with van der Waals surface area (Å²) in [5.74, 6) is -3.03. The van der Waals surface area contributed by atoms with E-state index in [1.54, 1.807) is 6.92 Å². The Morgan fingerprint density at radius 2 is 2.08 bits per heavy atom. The Morgan fingerprint density at radius 3 is 2.62 bits per heavy atom. The van der Waals surface area contributed by atoms with Gasteiger partial charge in [-0.05, 0) is 20.3 Å². The zero-order chi connectivity index (χ0) is 17.9. The number of halogens is 2. The number of carbonyl (C=O) groups is 2. The van der Waals surface area contributed by atoms with E-state index in [1.807, 2.05) is 0 Å². The van der Waals surface area contributed by atoms with Gasteiger partial charge in [0.2, 0.25) is 0 Å². The second-order valence-electron chi connectivity index (χ2n) is 5.54. The number of hydrogen-bond acceptors (Lipinski definition) is 4. The molecule has 2 rings (SSSR count). The normalized spacial score (nSPS) is 20.8. The third-order valence-electron chi connectivity index (χ3n) is 3.99. The number of ether oxygens (including phenoxy) is 2. The van der Waals surface area contributed by atoms with Crippen molar-refractivity contribution in [3.05, 3.63) is 23.0 Å². The highest BCUT2D eigenvalue weighted by Gasteiger charge is 2.34. The fourth-order valence-corrected chi connectivity index (χ4v) is 2.67. The molecule has 0 unspecified atom stereocenters. The molecule has 0 aromatic carbocycles. The summed E-state index contributed by atoms with van der Waals surface area (Å²) in [4.78, 5) is 27.8. The topological polar surface area (TPSA) is 83.7 Å². The van der Waals surface area contributed by atoms with E-state index in [2.05, 4.69) is 10.3 Å². The first-order valence-electron chi connectivity index (χ1n) is 7.67. The van der Waals surface area contributed by atoms with Gasteiger partial charge in [0, 0.05) is 13.7 Å². The minimum absolute atomic E-state index is 0.0435. The number of aromatic amines is 1. The number of aromatic nitrogens is 1. The largest absolute Gasteiger partial charge is 0.450 e. The van der Waals surface area contributed by atoms with Crippen molar-refractivity contribution in [2.75, 3.05) is 26.8 Å². The Balaban J connectivity index is 2.03. The number of nitrogens with one attached hydrogen (secondary N) is 2. The van der Waals surface area contributed by atoms with Gasteiger partial charge >= 0.3 is 6.09 Å². The molecule has 1 aromatic heterocycles. The van der Waals surface area contributed by atoms with Crippen LogP contribution in [0.25, 0.3) is 0 Å². The predicted molar refractivity (Wildman–Crippen MR) is 80.7 cm³/mol. The minimum Gasteiger partial charge on any atom is -0.450 e.